The van der Waals surface area contributed by atoms with E-state index in [1.54, 1.807) is 29.5 Å². The molecule has 0 saturated carbocycles. The van der Waals surface area contributed by atoms with Crippen molar-refractivity contribution in [2.24, 2.45) is 0 Å². The van der Waals surface area contributed by atoms with Crippen LogP contribution in [0.1, 0.15) is 5.89 Å². The maximum atomic E-state index is 12.6. The Morgan fingerprint density at radius 3 is 2.58 bits per heavy atom. The molecule has 0 aliphatic carbocycles. The first-order chi connectivity index (χ1) is 15.2. The molecule has 0 spiro atoms. The highest BCUT2D eigenvalue weighted by Crippen LogP contribution is 2.30. The van der Waals surface area contributed by atoms with Crippen LogP contribution >= 0.6 is 11.3 Å². The third-order valence-corrected chi connectivity index (χ3v) is 6.19. The third-order valence-electron chi connectivity index (χ3n) is 5.10. The van der Waals surface area contributed by atoms with Crippen molar-refractivity contribution in [3.05, 3.63) is 54.4 Å². The lowest BCUT2D eigenvalue weighted by molar-refractivity contribution is -0.0494. The number of ether oxygens (including phenoxy) is 1. The molecule has 2 aromatic carbocycles. The van der Waals surface area contributed by atoms with Crippen LogP contribution in [0.15, 0.2) is 53.1 Å². The molecule has 31 heavy (non-hydrogen) atoms. The molecule has 160 valence electrons. The molecule has 10 heteroatoms. The number of aromatic nitrogens is 3. The van der Waals surface area contributed by atoms with E-state index in [2.05, 4.69) is 30.7 Å². The first-order valence-electron chi connectivity index (χ1n) is 9.85. The Kier molecular flexibility index (Phi) is 5.47. The van der Waals surface area contributed by atoms with Crippen molar-refractivity contribution < 1.29 is 18.0 Å². The summed E-state index contributed by atoms with van der Waals surface area (Å²) in [5.74, 6) is 0.698. The number of fused-ring (bicyclic) bond motifs is 1. The van der Waals surface area contributed by atoms with Gasteiger partial charge in [0.1, 0.15) is 5.75 Å². The van der Waals surface area contributed by atoms with Gasteiger partial charge in [0.2, 0.25) is 11.7 Å². The lowest BCUT2D eigenvalue weighted by Gasteiger charge is -2.33. The van der Waals surface area contributed by atoms with E-state index >= 15 is 0 Å². The Bertz CT molecular complexity index is 1140. The van der Waals surface area contributed by atoms with Crippen molar-refractivity contribution in [3.63, 3.8) is 0 Å². The Labute approximate surface area is 180 Å². The number of hydrogen-bond donors (Lipinski definition) is 0. The number of benzene rings is 2. The molecule has 7 nitrogen and oxygen atoms in total. The molecule has 0 atom stereocenters. The van der Waals surface area contributed by atoms with Gasteiger partial charge in [-0.3, -0.25) is 4.90 Å². The van der Waals surface area contributed by atoms with E-state index < -0.39 is 6.61 Å². The topological polar surface area (TPSA) is 67.5 Å². The van der Waals surface area contributed by atoms with Crippen molar-refractivity contribution in [1.82, 2.24) is 20.0 Å². The van der Waals surface area contributed by atoms with E-state index in [9.17, 15) is 8.78 Å². The Hall–Kier alpha value is -3.11. The summed E-state index contributed by atoms with van der Waals surface area (Å²) in [6, 6.07) is 14.6. The number of piperazine rings is 1. The summed E-state index contributed by atoms with van der Waals surface area (Å²) in [4.78, 5) is 13.6. The maximum Gasteiger partial charge on any atom is 0.387 e. The Balaban J connectivity index is 1.22. The molecule has 0 radical (unpaired) electrons. The highest BCUT2D eigenvalue weighted by molar-refractivity contribution is 7.22. The summed E-state index contributed by atoms with van der Waals surface area (Å²) in [5, 5.41) is 4.99. The Morgan fingerprint density at radius 2 is 1.77 bits per heavy atom. The second kappa shape index (κ2) is 8.56. The molecule has 0 N–H and O–H groups in total. The SMILES string of the molecule is FC(F)Oc1ccccc1-c1noc(CN2CCN(c3nc4ccccc4s3)CC2)n1. The fourth-order valence-corrected chi connectivity index (χ4v) is 4.58. The second-order valence-electron chi connectivity index (χ2n) is 7.11. The zero-order valence-corrected chi connectivity index (χ0v) is 17.3. The number of nitrogens with zero attached hydrogens (tertiary/aromatic N) is 5. The average molecular weight is 443 g/mol. The monoisotopic (exact) mass is 443 g/mol. The van der Waals surface area contributed by atoms with Gasteiger partial charge in [-0.05, 0) is 24.3 Å². The maximum absolute atomic E-state index is 12.6. The normalized spacial score (nSPS) is 15.1. The van der Waals surface area contributed by atoms with E-state index in [1.165, 1.54) is 10.8 Å². The van der Waals surface area contributed by atoms with Crippen LogP contribution in [0, 0.1) is 0 Å². The summed E-state index contributed by atoms with van der Waals surface area (Å²) in [5.41, 5.74) is 1.40. The molecule has 0 unspecified atom stereocenters. The van der Waals surface area contributed by atoms with Crippen LogP contribution in [0.2, 0.25) is 0 Å². The summed E-state index contributed by atoms with van der Waals surface area (Å²) in [7, 11) is 0. The van der Waals surface area contributed by atoms with Gasteiger partial charge < -0.3 is 14.2 Å². The van der Waals surface area contributed by atoms with Crippen LogP contribution in [0.4, 0.5) is 13.9 Å². The standard InChI is InChI=1S/C21H19F2N5O2S/c22-20(23)29-16-7-3-1-5-14(16)19-25-18(30-26-19)13-27-9-11-28(12-10-27)21-24-15-6-2-4-8-17(15)31-21/h1-8,20H,9-13H2. The smallest absolute Gasteiger partial charge is 0.387 e. The van der Waals surface area contributed by atoms with Gasteiger partial charge in [-0.25, -0.2) is 4.98 Å². The number of para-hydroxylation sites is 2. The molecule has 0 amide bonds. The van der Waals surface area contributed by atoms with Crippen LogP contribution in [0.25, 0.3) is 21.6 Å². The van der Waals surface area contributed by atoms with Crippen molar-refractivity contribution >= 4 is 26.7 Å². The number of anilines is 1. The summed E-state index contributed by atoms with van der Waals surface area (Å²) < 4.78 is 36.4. The lowest BCUT2D eigenvalue weighted by Crippen LogP contribution is -2.46. The number of halogens is 2. The summed E-state index contributed by atoms with van der Waals surface area (Å²) in [6.07, 6.45) is 0. The molecule has 1 aliphatic heterocycles. The van der Waals surface area contributed by atoms with Gasteiger partial charge in [0.15, 0.2) is 5.13 Å². The molecule has 0 bridgehead atoms. The summed E-state index contributed by atoms with van der Waals surface area (Å²) in [6.45, 7) is 0.951. The minimum atomic E-state index is -2.92. The van der Waals surface area contributed by atoms with Gasteiger partial charge in [0, 0.05) is 26.2 Å². The first kappa shape index (κ1) is 19.8. The number of rotatable bonds is 6. The van der Waals surface area contributed by atoms with Gasteiger partial charge in [0.25, 0.3) is 0 Å². The number of alkyl halides is 2. The zero-order valence-electron chi connectivity index (χ0n) is 16.4. The molecular formula is C21H19F2N5O2S. The molecule has 1 aliphatic rings. The van der Waals surface area contributed by atoms with E-state index in [1.807, 2.05) is 18.2 Å². The Morgan fingerprint density at radius 1 is 1.00 bits per heavy atom. The van der Waals surface area contributed by atoms with Gasteiger partial charge in [-0.15, -0.1) is 0 Å². The van der Waals surface area contributed by atoms with Crippen molar-refractivity contribution in [3.8, 4) is 17.1 Å². The van der Waals surface area contributed by atoms with Gasteiger partial charge in [0.05, 0.1) is 22.3 Å². The van der Waals surface area contributed by atoms with Crippen LogP contribution in [0.5, 0.6) is 5.75 Å². The zero-order chi connectivity index (χ0) is 21.2. The molecule has 2 aromatic heterocycles. The average Bonchev–Trinajstić information content (AvgIpc) is 3.41. The summed E-state index contributed by atoms with van der Waals surface area (Å²) >= 11 is 1.71. The molecular weight excluding hydrogens is 424 g/mol. The van der Waals surface area contributed by atoms with Crippen molar-refractivity contribution in [1.29, 1.82) is 0 Å². The highest BCUT2D eigenvalue weighted by Gasteiger charge is 2.22. The van der Waals surface area contributed by atoms with Gasteiger partial charge in [-0.1, -0.05) is 40.8 Å². The van der Waals surface area contributed by atoms with Crippen LogP contribution in [-0.4, -0.2) is 52.8 Å². The quantitative estimate of drug-likeness (QED) is 0.441. The first-order valence-corrected chi connectivity index (χ1v) is 10.7. The largest absolute Gasteiger partial charge is 0.434 e. The van der Waals surface area contributed by atoms with Crippen molar-refractivity contribution in [2.75, 3.05) is 31.1 Å². The minimum Gasteiger partial charge on any atom is -0.434 e. The van der Waals surface area contributed by atoms with Crippen LogP contribution in [-0.2, 0) is 6.54 Å². The third kappa shape index (κ3) is 4.35. The lowest BCUT2D eigenvalue weighted by atomic mass is 10.2. The van der Waals surface area contributed by atoms with E-state index in [4.69, 9.17) is 9.51 Å². The van der Waals surface area contributed by atoms with Gasteiger partial charge >= 0.3 is 6.61 Å². The molecule has 4 aromatic rings. The molecule has 1 fully saturated rings. The predicted octanol–water partition coefficient (Wildman–Crippen LogP) is 4.27. The van der Waals surface area contributed by atoms with E-state index in [0.29, 0.717) is 18.0 Å². The van der Waals surface area contributed by atoms with Gasteiger partial charge in [-0.2, -0.15) is 13.8 Å². The van der Waals surface area contributed by atoms with Crippen LogP contribution in [0.3, 0.4) is 0 Å². The minimum absolute atomic E-state index is 0.0225. The number of hydrogen-bond acceptors (Lipinski definition) is 8. The van der Waals surface area contributed by atoms with Crippen molar-refractivity contribution in [2.45, 2.75) is 13.2 Å². The fourth-order valence-electron chi connectivity index (χ4n) is 3.56. The highest BCUT2D eigenvalue weighted by atomic mass is 32.1. The predicted molar refractivity (Wildman–Crippen MR) is 113 cm³/mol. The van der Waals surface area contributed by atoms with E-state index in [0.717, 1.165) is 36.8 Å². The fraction of sp³-hybridized carbons (Fsp3) is 0.286. The van der Waals surface area contributed by atoms with E-state index in [-0.39, 0.29) is 11.6 Å². The molecule has 1 saturated heterocycles. The number of thiazole rings is 1. The van der Waals surface area contributed by atoms with Crippen LogP contribution < -0.4 is 9.64 Å². The second-order valence-corrected chi connectivity index (χ2v) is 8.12. The molecule has 5 rings (SSSR count). The molecule has 3 heterocycles.